The van der Waals surface area contributed by atoms with E-state index in [1.165, 1.54) is 6.07 Å². The van der Waals surface area contributed by atoms with Crippen LogP contribution in [0.15, 0.2) is 40.9 Å². The van der Waals surface area contributed by atoms with Gasteiger partial charge in [-0.3, -0.25) is 0 Å². The summed E-state index contributed by atoms with van der Waals surface area (Å²) in [5, 5.41) is -0.489. The first-order valence-corrected chi connectivity index (χ1v) is 7.65. The third kappa shape index (κ3) is 3.27. The van der Waals surface area contributed by atoms with Crippen molar-refractivity contribution in [2.75, 3.05) is 6.61 Å². The summed E-state index contributed by atoms with van der Waals surface area (Å²) in [5.41, 5.74) is 1.35. The molecule has 5 heteroatoms. The fraction of sp³-hybridized carbons (Fsp3) is 0.200. The molecule has 0 aromatic heterocycles. The topological polar surface area (TPSA) is 9.23 Å². The van der Waals surface area contributed by atoms with E-state index in [2.05, 4.69) is 15.9 Å². The van der Waals surface area contributed by atoms with E-state index in [0.29, 0.717) is 12.2 Å². The first-order chi connectivity index (χ1) is 9.54. The second-order valence-electron chi connectivity index (χ2n) is 4.12. The lowest BCUT2D eigenvalue weighted by molar-refractivity contribution is 0.340. The molecule has 2 aromatic rings. The van der Waals surface area contributed by atoms with Crippen molar-refractivity contribution in [3.05, 3.63) is 62.8 Å². The summed E-state index contributed by atoms with van der Waals surface area (Å²) < 4.78 is 19.7. The van der Waals surface area contributed by atoms with E-state index in [1.807, 2.05) is 25.1 Å². The van der Waals surface area contributed by atoms with Crippen LogP contribution in [0, 0.1) is 5.82 Å². The van der Waals surface area contributed by atoms with Gasteiger partial charge in [0.25, 0.3) is 0 Å². The first kappa shape index (κ1) is 15.6. The Hall–Kier alpha value is -0.770. The van der Waals surface area contributed by atoms with Crippen LogP contribution < -0.4 is 4.74 Å². The van der Waals surface area contributed by atoms with Gasteiger partial charge in [-0.05, 0) is 36.2 Å². The highest BCUT2D eigenvalue weighted by atomic mass is 79.9. The standard InChI is InChI=1S/C15H12BrCl2FO/c1-2-20-9-6-7-10(12(16)8-9)14(17)11-4-3-5-13(19)15(11)18/h3-8,14H,2H2,1H3. The molecule has 0 spiro atoms. The molecule has 0 heterocycles. The summed E-state index contributed by atoms with van der Waals surface area (Å²) in [6, 6.07) is 10.1. The molecule has 0 aliphatic rings. The minimum atomic E-state index is -0.539. The van der Waals surface area contributed by atoms with Crippen molar-refractivity contribution in [1.29, 1.82) is 0 Å². The Kier molecular flexibility index (Phi) is 5.30. The Labute approximate surface area is 135 Å². The summed E-state index contributed by atoms with van der Waals surface area (Å²) in [6.45, 7) is 2.50. The molecule has 0 bridgehead atoms. The molecule has 0 saturated heterocycles. The maximum absolute atomic E-state index is 13.5. The normalized spacial score (nSPS) is 12.2. The second kappa shape index (κ2) is 6.79. The highest BCUT2D eigenvalue weighted by molar-refractivity contribution is 9.10. The Morgan fingerprint density at radius 1 is 1.25 bits per heavy atom. The fourth-order valence-electron chi connectivity index (χ4n) is 1.85. The van der Waals surface area contributed by atoms with E-state index < -0.39 is 11.2 Å². The summed E-state index contributed by atoms with van der Waals surface area (Å²) in [5.74, 6) is 0.272. The van der Waals surface area contributed by atoms with Crippen LogP contribution in [0.2, 0.25) is 5.02 Å². The number of rotatable bonds is 4. The van der Waals surface area contributed by atoms with Crippen molar-refractivity contribution in [3.63, 3.8) is 0 Å². The van der Waals surface area contributed by atoms with Gasteiger partial charge in [-0.15, -0.1) is 11.6 Å². The van der Waals surface area contributed by atoms with Crippen molar-refractivity contribution in [3.8, 4) is 5.75 Å². The SMILES string of the molecule is CCOc1ccc(C(Cl)c2cccc(F)c2Cl)c(Br)c1. The van der Waals surface area contributed by atoms with Crippen molar-refractivity contribution >= 4 is 39.1 Å². The van der Waals surface area contributed by atoms with E-state index in [0.717, 1.165) is 15.8 Å². The smallest absolute Gasteiger partial charge is 0.142 e. The third-order valence-electron chi connectivity index (χ3n) is 2.81. The Bertz CT molecular complexity index is 619. The number of hydrogen-bond acceptors (Lipinski definition) is 1. The van der Waals surface area contributed by atoms with Crippen LogP contribution in [0.3, 0.4) is 0 Å². The van der Waals surface area contributed by atoms with Gasteiger partial charge in [-0.2, -0.15) is 0 Å². The molecular formula is C15H12BrCl2FO. The fourth-order valence-corrected chi connectivity index (χ4v) is 3.24. The van der Waals surface area contributed by atoms with Crippen molar-refractivity contribution in [2.45, 2.75) is 12.3 Å². The van der Waals surface area contributed by atoms with Gasteiger partial charge in [-0.1, -0.05) is 45.7 Å². The quantitative estimate of drug-likeness (QED) is 0.596. The van der Waals surface area contributed by atoms with E-state index in [4.69, 9.17) is 27.9 Å². The molecule has 0 N–H and O–H groups in total. The van der Waals surface area contributed by atoms with E-state index >= 15 is 0 Å². The maximum Gasteiger partial charge on any atom is 0.142 e. The predicted molar refractivity (Wildman–Crippen MR) is 84.4 cm³/mol. The van der Waals surface area contributed by atoms with Gasteiger partial charge in [0.2, 0.25) is 0 Å². The number of ether oxygens (including phenoxy) is 1. The van der Waals surface area contributed by atoms with Crippen molar-refractivity contribution in [2.24, 2.45) is 0 Å². The molecule has 0 fully saturated rings. The monoisotopic (exact) mass is 376 g/mol. The van der Waals surface area contributed by atoms with E-state index in [1.54, 1.807) is 12.1 Å². The number of benzene rings is 2. The van der Waals surface area contributed by atoms with Crippen LogP contribution in [-0.2, 0) is 0 Å². The van der Waals surface area contributed by atoms with E-state index in [-0.39, 0.29) is 5.02 Å². The van der Waals surface area contributed by atoms with Crippen LogP contribution >= 0.6 is 39.1 Å². The Morgan fingerprint density at radius 3 is 2.65 bits per heavy atom. The molecule has 0 aliphatic carbocycles. The molecule has 0 saturated carbocycles. The van der Waals surface area contributed by atoms with Gasteiger partial charge in [0, 0.05) is 4.47 Å². The summed E-state index contributed by atoms with van der Waals surface area (Å²) in [7, 11) is 0. The first-order valence-electron chi connectivity index (χ1n) is 6.04. The number of alkyl halides is 1. The molecule has 0 radical (unpaired) electrons. The van der Waals surface area contributed by atoms with Crippen LogP contribution in [0.25, 0.3) is 0 Å². The molecule has 106 valence electrons. The summed E-state index contributed by atoms with van der Waals surface area (Å²) in [4.78, 5) is 0. The lowest BCUT2D eigenvalue weighted by Crippen LogP contribution is -1.98. The van der Waals surface area contributed by atoms with Crippen LogP contribution in [0.4, 0.5) is 4.39 Å². The van der Waals surface area contributed by atoms with Gasteiger partial charge < -0.3 is 4.74 Å². The summed E-state index contributed by atoms with van der Waals surface area (Å²) in [6.07, 6.45) is 0. The Morgan fingerprint density at radius 2 is 2.00 bits per heavy atom. The second-order valence-corrected chi connectivity index (χ2v) is 5.79. The lowest BCUT2D eigenvalue weighted by Gasteiger charge is -2.15. The molecule has 1 nitrogen and oxygen atoms in total. The molecular weight excluding hydrogens is 366 g/mol. The zero-order valence-electron chi connectivity index (χ0n) is 10.7. The highest BCUT2D eigenvalue weighted by Crippen LogP contribution is 2.39. The average molecular weight is 378 g/mol. The zero-order valence-corrected chi connectivity index (χ0v) is 13.8. The molecule has 0 amide bonds. The van der Waals surface area contributed by atoms with Crippen molar-refractivity contribution in [1.82, 2.24) is 0 Å². The molecule has 1 unspecified atom stereocenters. The minimum absolute atomic E-state index is 0.0493. The van der Waals surface area contributed by atoms with E-state index in [9.17, 15) is 4.39 Å². The Balaban J connectivity index is 2.38. The zero-order chi connectivity index (χ0) is 14.7. The lowest BCUT2D eigenvalue weighted by atomic mass is 10.0. The summed E-state index contributed by atoms with van der Waals surface area (Å²) >= 11 is 15.9. The average Bonchev–Trinajstić information content (AvgIpc) is 2.42. The van der Waals surface area contributed by atoms with Crippen molar-refractivity contribution < 1.29 is 9.13 Å². The maximum atomic E-state index is 13.5. The van der Waals surface area contributed by atoms with Gasteiger partial charge >= 0.3 is 0 Å². The molecule has 2 rings (SSSR count). The molecule has 0 aliphatic heterocycles. The predicted octanol–water partition coefficient (Wildman–Crippen LogP) is 5.97. The van der Waals surface area contributed by atoms with Gasteiger partial charge in [0.05, 0.1) is 17.0 Å². The van der Waals surface area contributed by atoms with Gasteiger partial charge in [0.15, 0.2) is 0 Å². The largest absolute Gasteiger partial charge is 0.494 e. The van der Waals surface area contributed by atoms with Crippen LogP contribution in [0.5, 0.6) is 5.75 Å². The van der Waals surface area contributed by atoms with Gasteiger partial charge in [-0.25, -0.2) is 4.39 Å². The number of halogens is 4. The van der Waals surface area contributed by atoms with Crippen LogP contribution in [0.1, 0.15) is 23.4 Å². The van der Waals surface area contributed by atoms with Gasteiger partial charge in [0.1, 0.15) is 11.6 Å². The minimum Gasteiger partial charge on any atom is -0.494 e. The number of hydrogen-bond donors (Lipinski definition) is 0. The molecule has 2 aromatic carbocycles. The van der Waals surface area contributed by atoms with Crippen LogP contribution in [-0.4, -0.2) is 6.61 Å². The highest BCUT2D eigenvalue weighted by Gasteiger charge is 2.19. The third-order valence-corrected chi connectivity index (χ3v) is 4.37. The molecule has 1 atom stereocenters. The molecule has 20 heavy (non-hydrogen) atoms.